The predicted molar refractivity (Wildman–Crippen MR) is 89.4 cm³/mol. The molecule has 1 aliphatic rings. The topological polar surface area (TPSA) is 51.4 Å². The van der Waals surface area contributed by atoms with E-state index in [2.05, 4.69) is 9.88 Å². The van der Waals surface area contributed by atoms with Crippen LogP contribution in [0.5, 0.6) is 5.88 Å². The highest BCUT2D eigenvalue weighted by Crippen LogP contribution is 2.31. The van der Waals surface area contributed by atoms with Crippen molar-refractivity contribution in [1.29, 1.82) is 0 Å². The second kappa shape index (κ2) is 7.31. The molecule has 1 saturated heterocycles. The summed E-state index contributed by atoms with van der Waals surface area (Å²) in [6, 6.07) is 12.3. The molecule has 0 bridgehead atoms. The number of para-hydroxylation sites is 1. The summed E-state index contributed by atoms with van der Waals surface area (Å²) in [6.07, 6.45) is -3.05. The Bertz CT molecular complexity index is 706. The van der Waals surface area contributed by atoms with Gasteiger partial charge in [-0.1, -0.05) is 18.2 Å². The molecule has 1 aromatic carbocycles. The lowest BCUT2D eigenvalue weighted by molar-refractivity contribution is -0.141. The van der Waals surface area contributed by atoms with Gasteiger partial charge < -0.3 is 15.4 Å². The first-order valence-electron chi connectivity index (χ1n) is 8.20. The lowest BCUT2D eigenvalue weighted by Gasteiger charge is -2.34. The van der Waals surface area contributed by atoms with Gasteiger partial charge in [0.15, 0.2) is 0 Å². The number of piperidine rings is 1. The third-order valence-corrected chi connectivity index (χ3v) is 4.17. The molecular weight excluding hydrogens is 331 g/mol. The number of ether oxygens (including phenoxy) is 1. The summed E-state index contributed by atoms with van der Waals surface area (Å²) in [7, 11) is 0. The fraction of sp³-hybridized carbons (Fsp3) is 0.389. The molecule has 4 nitrogen and oxygen atoms in total. The van der Waals surface area contributed by atoms with Gasteiger partial charge in [-0.05, 0) is 36.6 Å². The molecule has 0 amide bonds. The van der Waals surface area contributed by atoms with E-state index in [9.17, 15) is 13.2 Å². The minimum Gasteiger partial charge on any atom is -0.472 e. The molecule has 0 spiro atoms. The van der Waals surface area contributed by atoms with Gasteiger partial charge in [0.2, 0.25) is 5.88 Å². The summed E-state index contributed by atoms with van der Waals surface area (Å²) in [6.45, 7) is 1.51. The maximum atomic E-state index is 13.0. The van der Waals surface area contributed by atoms with E-state index in [1.165, 1.54) is 6.07 Å². The van der Waals surface area contributed by atoms with Gasteiger partial charge in [-0.25, -0.2) is 4.98 Å². The number of rotatable bonds is 4. The number of hydrogen-bond acceptors (Lipinski definition) is 4. The van der Waals surface area contributed by atoms with Crippen LogP contribution in [0.3, 0.4) is 0 Å². The van der Waals surface area contributed by atoms with Crippen LogP contribution < -0.4 is 15.4 Å². The molecule has 0 radical (unpaired) electrons. The van der Waals surface area contributed by atoms with Crippen LogP contribution >= 0.6 is 0 Å². The molecule has 25 heavy (non-hydrogen) atoms. The number of halogens is 3. The number of benzene rings is 1. The van der Waals surface area contributed by atoms with E-state index < -0.39 is 11.9 Å². The molecule has 0 aliphatic carbocycles. The molecule has 1 fully saturated rings. The van der Waals surface area contributed by atoms with Gasteiger partial charge in [-0.3, -0.25) is 0 Å². The van der Waals surface area contributed by atoms with Crippen LogP contribution in [-0.4, -0.2) is 24.2 Å². The molecule has 134 valence electrons. The molecule has 1 unspecified atom stereocenters. The number of hydrogen-bond donors (Lipinski definition) is 1. The van der Waals surface area contributed by atoms with Crippen molar-refractivity contribution in [2.45, 2.75) is 31.7 Å². The lowest BCUT2D eigenvalue weighted by Crippen LogP contribution is -2.41. The highest BCUT2D eigenvalue weighted by molar-refractivity contribution is 5.46. The molecule has 0 saturated carbocycles. The third-order valence-electron chi connectivity index (χ3n) is 4.17. The van der Waals surface area contributed by atoms with Crippen molar-refractivity contribution in [1.82, 2.24) is 4.98 Å². The zero-order valence-corrected chi connectivity index (χ0v) is 13.7. The maximum absolute atomic E-state index is 13.0. The number of pyridine rings is 1. The first-order chi connectivity index (χ1) is 12.0. The standard InChI is InChI=1S/C18H20F3N3O/c19-18(20,21)16-9-13(11-22)10-17(23-16)25-15-7-4-8-24(12-15)14-5-2-1-3-6-14/h1-3,5-6,9-10,15H,4,7-8,11-12,22H2. The summed E-state index contributed by atoms with van der Waals surface area (Å²) >= 11 is 0. The van der Waals surface area contributed by atoms with E-state index in [1.807, 2.05) is 30.3 Å². The SMILES string of the molecule is NCc1cc(OC2CCCN(c3ccccc3)C2)nc(C(F)(F)F)c1. The maximum Gasteiger partial charge on any atom is 0.433 e. The zero-order chi connectivity index (χ0) is 17.9. The number of nitrogens with two attached hydrogens (primary N) is 1. The van der Waals surface area contributed by atoms with Crippen molar-refractivity contribution in [2.75, 3.05) is 18.0 Å². The quantitative estimate of drug-likeness (QED) is 0.914. The molecule has 1 aliphatic heterocycles. The van der Waals surface area contributed by atoms with Crippen molar-refractivity contribution in [2.24, 2.45) is 5.73 Å². The van der Waals surface area contributed by atoms with Gasteiger partial charge in [0.25, 0.3) is 0 Å². The Morgan fingerprint density at radius 2 is 1.96 bits per heavy atom. The van der Waals surface area contributed by atoms with Crippen LogP contribution in [0, 0.1) is 0 Å². The first-order valence-corrected chi connectivity index (χ1v) is 8.20. The summed E-state index contributed by atoms with van der Waals surface area (Å²) in [4.78, 5) is 5.80. The van der Waals surface area contributed by atoms with E-state index in [0.717, 1.165) is 31.1 Å². The van der Waals surface area contributed by atoms with Crippen molar-refractivity contribution in [3.63, 3.8) is 0 Å². The Hall–Kier alpha value is -2.28. The van der Waals surface area contributed by atoms with Gasteiger partial charge in [-0.15, -0.1) is 0 Å². The van der Waals surface area contributed by atoms with E-state index >= 15 is 0 Å². The number of nitrogens with zero attached hydrogens (tertiary/aromatic N) is 2. The van der Waals surface area contributed by atoms with Gasteiger partial charge in [0.05, 0.1) is 6.54 Å². The highest BCUT2D eigenvalue weighted by atomic mass is 19.4. The van der Waals surface area contributed by atoms with Crippen LogP contribution in [0.2, 0.25) is 0 Å². The summed E-state index contributed by atoms with van der Waals surface area (Å²) in [5.41, 5.74) is 5.97. The highest BCUT2D eigenvalue weighted by Gasteiger charge is 2.33. The van der Waals surface area contributed by atoms with Gasteiger partial charge in [-0.2, -0.15) is 13.2 Å². The van der Waals surface area contributed by atoms with Gasteiger partial charge in [0.1, 0.15) is 11.8 Å². The van der Waals surface area contributed by atoms with Crippen molar-refractivity contribution >= 4 is 5.69 Å². The predicted octanol–water partition coefficient (Wildman–Crippen LogP) is 3.61. The van der Waals surface area contributed by atoms with Crippen LogP contribution in [-0.2, 0) is 12.7 Å². The second-order valence-corrected chi connectivity index (χ2v) is 6.06. The normalized spacial score (nSPS) is 18.2. The smallest absolute Gasteiger partial charge is 0.433 e. The fourth-order valence-corrected chi connectivity index (χ4v) is 2.96. The average molecular weight is 351 g/mol. The molecule has 2 N–H and O–H groups in total. The molecule has 2 aromatic rings. The van der Waals surface area contributed by atoms with Crippen LogP contribution in [0.15, 0.2) is 42.5 Å². The summed E-state index contributed by atoms with van der Waals surface area (Å²) < 4.78 is 44.7. The second-order valence-electron chi connectivity index (χ2n) is 6.06. The van der Waals surface area contributed by atoms with Gasteiger partial charge in [0, 0.05) is 24.8 Å². The molecule has 1 aromatic heterocycles. The molecule has 7 heteroatoms. The average Bonchev–Trinajstić information content (AvgIpc) is 2.61. The van der Waals surface area contributed by atoms with E-state index in [0.29, 0.717) is 12.1 Å². The molecule has 1 atom stereocenters. The zero-order valence-electron chi connectivity index (χ0n) is 13.7. The lowest BCUT2D eigenvalue weighted by atomic mass is 10.1. The van der Waals surface area contributed by atoms with E-state index in [1.54, 1.807) is 0 Å². The molecular formula is C18H20F3N3O. The van der Waals surface area contributed by atoms with Gasteiger partial charge >= 0.3 is 6.18 Å². The minimum atomic E-state index is -4.52. The van der Waals surface area contributed by atoms with E-state index in [4.69, 9.17) is 10.5 Å². The van der Waals surface area contributed by atoms with Crippen LogP contribution in [0.1, 0.15) is 24.1 Å². The van der Waals surface area contributed by atoms with Crippen molar-refractivity contribution in [3.8, 4) is 5.88 Å². The van der Waals surface area contributed by atoms with Crippen LogP contribution in [0.25, 0.3) is 0 Å². The minimum absolute atomic E-state index is 0.00275. The molecule has 2 heterocycles. The first kappa shape index (κ1) is 17.5. The molecule has 3 rings (SSSR count). The fourth-order valence-electron chi connectivity index (χ4n) is 2.96. The number of alkyl halides is 3. The Morgan fingerprint density at radius 3 is 2.64 bits per heavy atom. The van der Waals surface area contributed by atoms with E-state index in [-0.39, 0.29) is 18.5 Å². The monoisotopic (exact) mass is 351 g/mol. The van der Waals surface area contributed by atoms with Crippen molar-refractivity contribution in [3.05, 3.63) is 53.7 Å². The summed E-state index contributed by atoms with van der Waals surface area (Å²) in [5.74, 6) is -0.0183. The third kappa shape index (κ3) is 4.42. The number of aromatic nitrogens is 1. The summed E-state index contributed by atoms with van der Waals surface area (Å²) in [5, 5.41) is 0. The Labute approximate surface area is 144 Å². The van der Waals surface area contributed by atoms with Crippen molar-refractivity contribution < 1.29 is 17.9 Å². The Morgan fingerprint density at radius 1 is 1.20 bits per heavy atom. The van der Waals surface area contributed by atoms with Crippen LogP contribution in [0.4, 0.5) is 18.9 Å². The Balaban J connectivity index is 1.75. The largest absolute Gasteiger partial charge is 0.472 e. The number of anilines is 1. The Kier molecular flexibility index (Phi) is 5.13.